The number of Topliss-reactive ketones (excluding diaryl/α,β-unsaturated/α-hetero) is 1. The molecule has 2 bridgehead atoms. The number of aliphatic hydroxyl groups is 4. The third-order valence-electron chi connectivity index (χ3n) is 12.1. The summed E-state index contributed by atoms with van der Waals surface area (Å²) in [5.41, 5.74) is -6.91. The predicted molar refractivity (Wildman–Crippen MR) is 193 cm³/mol. The minimum absolute atomic E-state index is 0. The van der Waals surface area contributed by atoms with Crippen molar-refractivity contribution in [3.63, 3.8) is 0 Å². The number of ketones is 1. The van der Waals surface area contributed by atoms with Gasteiger partial charge in [0, 0.05) is 111 Å². The molecule has 0 aromatic heterocycles. The Bertz CT molecular complexity index is 1830. The molecular weight excluding hydrogens is 1150 g/mol. The number of rotatable bonds is 7. The molecule has 2 saturated carbocycles. The Morgan fingerprint density at radius 1 is 0.946 bits per heavy atom. The fourth-order valence-corrected chi connectivity index (χ4v) is 9.18. The van der Waals surface area contributed by atoms with Crippen LogP contribution in [0.4, 0.5) is 4.79 Å². The van der Waals surface area contributed by atoms with E-state index in [9.17, 15) is 39.6 Å². The molecule has 3 fully saturated rings. The molecule has 1 aliphatic heterocycles. The van der Waals surface area contributed by atoms with E-state index in [2.05, 4.69) is 5.32 Å². The van der Waals surface area contributed by atoms with E-state index in [0.717, 1.165) is 0 Å². The number of esters is 2. The molecule has 10 atom stereocenters. The number of ether oxygens (including phenoxy) is 4. The molecule has 15 heteroatoms. The first-order valence-electron chi connectivity index (χ1n) is 18.3. The van der Waals surface area contributed by atoms with E-state index >= 15 is 0 Å². The van der Waals surface area contributed by atoms with Crippen molar-refractivity contribution < 1.29 is 147 Å². The van der Waals surface area contributed by atoms with Gasteiger partial charge in [0.25, 0.3) is 0 Å². The number of aliphatic hydroxyl groups excluding tert-OH is 2. The predicted octanol–water partition coefficient (Wildman–Crippen LogP) is 3.72. The topological polar surface area (TPSA) is 198 Å². The van der Waals surface area contributed by atoms with Crippen LogP contribution in [0.1, 0.15) is 89.7 Å². The number of fused-ring (bicyclic) bond motifs is 5. The van der Waals surface area contributed by atoms with Crippen LogP contribution in [0.25, 0.3) is 0 Å². The molecule has 0 spiro atoms. The van der Waals surface area contributed by atoms with Crippen molar-refractivity contribution >= 4 is 23.8 Å². The number of alkyl carbamates (subject to hydrolysis) is 1. The molecular formula is C41H51Ac2NO12. The smallest absolute Gasteiger partial charge is 0.408 e. The minimum atomic E-state index is -2.18. The second-order valence-corrected chi connectivity index (χ2v) is 16.9. The molecule has 6 rings (SSSR count). The van der Waals surface area contributed by atoms with Crippen LogP contribution in [0.15, 0.2) is 71.8 Å². The van der Waals surface area contributed by atoms with Crippen molar-refractivity contribution in [2.24, 2.45) is 16.7 Å². The Morgan fingerprint density at radius 2 is 1.54 bits per heavy atom. The first-order chi connectivity index (χ1) is 25.2. The summed E-state index contributed by atoms with van der Waals surface area (Å²) in [6, 6.07) is 15.0. The normalized spacial score (nSPS) is 32.8. The zero-order valence-corrected chi connectivity index (χ0v) is 42.3. The first-order valence-corrected chi connectivity index (χ1v) is 18.3. The van der Waals surface area contributed by atoms with E-state index < -0.39 is 100 Å². The van der Waals surface area contributed by atoms with Crippen LogP contribution in [0.2, 0.25) is 0 Å². The van der Waals surface area contributed by atoms with Crippen molar-refractivity contribution in [1.82, 2.24) is 5.32 Å². The molecule has 1 saturated heterocycles. The quantitative estimate of drug-likeness (QED) is 0.153. The Hall–Kier alpha value is -1.26. The summed E-state index contributed by atoms with van der Waals surface area (Å²) in [6.45, 7) is 11.2. The SMILES string of the molecule is CC1=C2[C@@H](O)C(=O)[C@]3(C)CC[C@H]4OC[C@@]4(O)[C@H]3[C@H](OC(=O)c3ccccc3)[C@](O)(CC1OC(=O)[C@H](O)[C@@H](NC(=O)OC(C)(C)C)c1ccccc1)C2(C)C.[Ac].[Ac]. The van der Waals surface area contributed by atoms with Crippen LogP contribution < -0.4 is 5.32 Å². The summed E-state index contributed by atoms with van der Waals surface area (Å²) in [4.78, 5) is 55.4. The molecule has 5 N–H and O–H groups in total. The Labute approximate surface area is 398 Å². The van der Waals surface area contributed by atoms with E-state index in [1.165, 1.54) is 12.1 Å². The molecule has 1 amide bonds. The maximum absolute atomic E-state index is 14.6. The minimum Gasteiger partial charge on any atom is -0.456 e. The summed E-state index contributed by atoms with van der Waals surface area (Å²) in [6.07, 6.45) is -8.31. The Morgan fingerprint density at radius 3 is 2.09 bits per heavy atom. The Balaban J connectivity index is 0.00000348. The standard InChI is InChI=1S/C41H51NO12.2Ac/c1-22-25(52-35(47)30(44)28(23-14-10-8-11-15-23)42-36(48)54-37(2,3)4)20-41(50)33(53-34(46)24-16-12-9-13-17-24)31-39(7,19-18-26-40(31,49)21-51-26)32(45)29(43)27(22)38(41,5)6;;/h8-17,25-26,28-31,33,43-44,49-50H,18-21H2,1-7H3,(H,42,48);;/t25?,26-,28+,29-,30-,31+,33+,39-,40+,41-;;/m1../s1. The monoisotopic (exact) mass is 1200 g/mol. The third kappa shape index (κ3) is 8.39. The van der Waals surface area contributed by atoms with Gasteiger partial charge in [0.15, 0.2) is 11.9 Å². The number of hydrogen-bond acceptors (Lipinski definition) is 12. The zero-order chi connectivity index (χ0) is 39.6. The second-order valence-electron chi connectivity index (χ2n) is 16.9. The van der Waals surface area contributed by atoms with Gasteiger partial charge >= 0.3 is 18.0 Å². The van der Waals surface area contributed by atoms with Crippen LogP contribution in [-0.4, -0.2) is 98.2 Å². The molecule has 4 aliphatic rings. The maximum Gasteiger partial charge on any atom is 0.408 e. The van der Waals surface area contributed by atoms with Gasteiger partial charge in [0.05, 0.1) is 24.3 Å². The number of carbonyl (C=O) groups is 4. The molecule has 56 heavy (non-hydrogen) atoms. The second kappa shape index (κ2) is 17.4. The number of hydrogen-bond donors (Lipinski definition) is 5. The van der Waals surface area contributed by atoms with Crippen molar-refractivity contribution in [2.45, 2.75) is 121 Å². The van der Waals surface area contributed by atoms with Crippen LogP contribution >= 0.6 is 0 Å². The van der Waals surface area contributed by atoms with Crippen LogP contribution in [0.3, 0.4) is 0 Å². The molecule has 3 aliphatic carbocycles. The fraction of sp³-hybridized carbons (Fsp3) is 0.561. The summed E-state index contributed by atoms with van der Waals surface area (Å²) in [5, 5.41) is 51.6. The van der Waals surface area contributed by atoms with E-state index in [0.29, 0.717) is 12.0 Å². The van der Waals surface area contributed by atoms with Crippen molar-refractivity contribution in [1.29, 1.82) is 0 Å². The van der Waals surface area contributed by atoms with E-state index in [-0.39, 0.29) is 118 Å². The molecule has 13 nitrogen and oxygen atoms in total. The summed E-state index contributed by atoms with van der Waals surface area (Å²) < 4.78 is 23.4. The zero-order valence-electron chi connectivity index (χ0n) is 32.9. The molecule has 1 heterocycles. The fourth-order valence-electron chi connectivity index (χ4n) is 9.18. The van der Waals surface area contributed by atoms with E-state index in [4.69, 9.17) is 18.9 Å². The molecule has 2 aromatic rings. The summed E-state index contributed by atoms with van der Waals surface area (Å²) in [5.74, 6) is -3.90. The number of carbonyl (C=O) groups excluding carboxylic acids is 4. The number of amides is 1. The van der Waals surface area contributed by atoms with Gasteiger partial charge in [-0.15, -0.1) is 0 Å². The van der Waals surface area contributed by atoms with Gasteiger partial charge in [-0.3, -0.25) is 4.79 Å². The average Bonchev–Trinajstić information content (AvgIpc) is 3.10. The maximum atomic E-state index is 14.6. The molecule has 2 radical (unpaired) electrons. The summed E-state index contributed by atoms with van der Waals surface area (Å²) >= 11 is 0. The van der Waals surface area contributed by atoms with Crippen LogP contribution in [0.5, 0.6) is 0 Å². The molecule has 2 aromatic carbocycles. The van der Waals surface area contributed by atoms with Gasteiger partial charge in [-0.25, -0.2) is 14.4 Å². The van der Waals surface area contributed by atoms with Gasteiger partial charge in [-0.05, 0) is 69.4 Å². The summed E-state index contributed by atoms with van der Waals surface area (Å²) in [7, 11) is 0. The van der Waals surface area contributed by atoms with Crippen molar-refractivity contribution in [3.8, 4) is 0 Å². The van der Waals surface area contributed by atoms with Gasteiger partial charge in [0.1, 0.15) is 35.1 Å². The van der Waals surface area contributed by atoms with Gasteiger partial charge < -0.3 is 44.7 Å². The molecule has 298 valence electrons. The third-order valence-corrected chi connectivity index (χ3v) is 12.1. The largest absolute Gasteiger partial charge is 0.456 e. The number of benzene rings is 2. The first kappa shape index (κ1) is 47.4. The van der Waals surface area contributed by atoms with Gasteiger partial charge in [-0.1, -0.05) is 69.3 Å². The number of nitrogens with one attached hydrogen (secondary N) is 1. The van der Waals surface area contributed by atoms with E-state index in [1.807, 2.05) is 0 Å². The Kier molecular flexibility index (Phi) is 14.7. The van der Waals surface area contributed by atoms with E-state index in [1.54, 1.807) is 97.0 Å². The van der Waals surface area contributed by atoms with Gasteiger partial charge in [-0.2, -0.15) is 0 Å². The van der Waals surface area contributed by atoms with Crippen LogP contribution in [-0.2, 0) is 28.5 Å². The van der Waals surface area contributed by atoms with Crippen molar-refractivity contribution in [3.05, 3.63) is 82.9 Å². The molecule has 1 unspecified atom stereocenters. The van der Waals surface area contributed by atoms with Gasteiger partial charge in [0.2, 0.25) is 0 Å². The average molecular weight is 1200 g/mol. The van der Waals surface area contributed by atoms with Crippen LogP contribution in [0, 0.1) is 105 Å². The van der Waals surface area contributed by atoms with Crippen molar-refractivity contribution in [2.75, 3.05) is 6.61 Å².